The first kappa shape index (κ1) is 15.2. The maximum Gasteiger partial charge on any atom is 0.269 e. The van der Waals surface area contributed by atoms with Crippen LogP contribution in [-0.4, -0.2) is 16.7 Å². The van der Waals surface area contributed by atoms with Crippen molar-refractivity contribution >= 4 is 56.9 Å². The highest BCUT2D eigenvalue weighted by Gasteiger charge is 2.16. The number of carbonyl (C=O) groups excluding carboxylic acids is 2. The zero-order valence-electron chi connectivity index (χ0n) is 10.1. The molecule has 2 N–H and O–H groups in total. The molecule has 7 heteroatoms. The number of nitrogens with one attached hydrogen (secondary N) is 2. The van der Waals surface area contributed by atoms with Crippen molar-refractivity contribution in [3.8, 4) is 0 Å². The number of pyridine rings is 1. The summed E-state index contributed by atoms with van der Waals surface area (Å²) in [6.07, 6.45) is 8.10. The van der Waals surface area contributed by atoms with Gasteiger partial charge in [0.15, 0.2) is 0 Å². The molecule has 0 aliphatic heterocycles. The van der Waals surface area contributed by atoms with E-state index < -0.39 is 0 Å². The third kappa shape index (κ3) is 3.88. The molecule has 20 heavy (non-hydrogen) atoms. The van der Waals surface area contributed by atoms with Gasteiger partial charge in [0.05, 0.1) is 3.58 Å². The number of carbonyl (C=O) groups is 2. The van der Waals surface area contributed by atoms with Crippen LogP contribution in [-0.2, 0) is 4.79 Å². The van der Waals surface area contributed by atoms with Crippen molar-refractivity contribution in [2.45, 2.75) is 0 Å². The molecule has 0 saturated heterocycles. The molecular formula is C13H9I2N3O2. The van der Waals surface area contributed by atoms with Gasteiger partial charge in [-0.3, -0.25) is 20.0 Å². The van der Waals surface area contributed by atoms with Crippen molar-refractivity contribution in [2.24, 2.45) is 0 Å². The Hall–Kier alpha value is -1.23. The van der Waals surface area contributed by atoms with Gasteiger partial charge in [0.25, 0.3) is 5.91 Å². The van der Waals surface area contributed by atoms with Gasteiger partial charge in [0.2, 0.25) is 5.78 Å². The number of hydrogen-bond donors (Lipinski definition) is 2. The molecule has 5 nitrogen and oxygen atoms in total. The number of nitrogens with zero attached hydrogens (tertiary/aromatic N) is 1. The lowest BCUT2D eigenvalue weighted by Crippen LogP contribution is -2.34. The number of rotatable bonds is 3. The van der Waals surface area contributed by atoms with Gasteiger partial charge in [-0.2, -0.15) is 0 Å². The van der Waals surface area contributed by atoms with Gasteiger partial charge in [-0.05, 0) is 69.5 Å². The summed E-state index contributed by atoms with van der Waals surface area (Å²) in [5.41, 5.74) is 6.12. The predicted octanol–water partition coefficient (Wildman–Crippen LogP) is 2.42. The summed E-state index contributed by atoms with van der Waals surface area (Å²) in [5.74, 6) is -0.367. The van der Waals surface area contributed by atoms with E-state index in [2.05, 4.69) is 38.4 Å². The molecule has 0 spiro atoms. The van der Waals surface area contributed by atoms with Crippen LogP contribution in [0.15, 0.2) is 55.6 Å². The van der Waals surface area contributed by atoms with E-state index in [1.165, 1.54) is 18.6 Å². The van der Waals surface area contributed by atoms with E-state index in [1.807, 2.05) is 22.6 Å². The van der Waals surface area contributed by atoms with Crippen molar-refractivity contribution < 1.29 is 9.59 Å². The number of Topliss-reactive ketones (excluding diaryl/α,β-unsaturated/α-hetero) is 1. The lowest BCUT2D eigenvalue weighted by Gasteiger charge is -2.09. The molecule has 1 aromatic heterocycles. The van der Waals surface area contributed by atoms with Crippen LogP contribution in [0.1, 0.15) is 10.4 Å². The summed E-state index contributed by atoms with van der Waals surface area (Å²) in [6.45, 7) is 0. The van der Waals surface area contributed by atoms with Crippen molar-refractivity contribution in [2.75, 3.05) is 0 Å². The Morgan fingerprint density at radius 3 is 2.60 bits per heavy atom. The fourth-order valence-electron chi connectivity index (χ4n) is 1.44. The Morgan fingerprint density at radius 1 is 1.20 bits per heavy atom. The lowest BCUT2D eigenvalue weighted by atomic mass is 10.1. The fourth-order valence-corrected chi connectivity index (χ4v) is 3.33. The first-order valence-corrected chi connectivity index (χ1v) is 7.69. The number of amides is 1. The third-order valence-electron chi connectivity index (χ3n) is 2.39. The predicted molar refractivity (Wildman–Crippen MR) is 92.1 cm³/mol. The van der Waals surface area contributed by atoms with Crippen LogP contribution < -0.4 is 10.9 Å². The largest absolute Gasteiger partial charge is 0.305 e. The first-order valence-electron chi connectivity index (χ1n) is 5.53. The van der Waals surface area contributed by atoms with Crippen LogP contribution in [0.2, 0.25) is 0 Å². The standard InChI is InChI=1S/C13H9I2N3O2/c14-10-5-9(12(19)11(15)6-10)7-17-18-13(20)8-1-3-16-4-2-8/h1-7,17H,(H,18,20). The molecule has 0 fully saturated rings. The molecule has 0 bridgehead atoms. The van der Waals surface area contributed by atoms with Gasteiger partial charge in [-0.15, -0.1) is 0 Å². The van der Waals surface area contributed by atoms with Gasteiger partial charge in [-0.1, -0.05) is 0 Å². The van der Waals surface area contributed by atoms with E-state index in [9.17, 15) is 9.59 Å². The molecular weight excluding hydrogens is 484 g/mol. The minimum absolute atomic E-state index is 0.0725. The molecule has 1 aliphatic carbocycles. The van der Waals surface area contributed by atoms with Crippen LogP contribution in [0, 0.1) is 0 Å². The highest BCUT2D eigenvalue weighted by Crippen LogP contribution is 2.26. The summed E-state index contributed by atoms with van der Waals surface area (Å²) < 4.78 is 1.60. The summed E-state index contributed by atoms with van der Waals surface area (Å²) in [7, 11) is 0. The van der Waals surface area contributed by atoms with Crippen LogP contribution in [0.25, 0.3) is 0 Å². The van der Waals surface area contributed by atoms with Crippen molar-refractivity contribution in [1.82, 2.24) is 15.8 Å². The Kier molecular flexibility index (Phi) is 5.29. The molecule has 0 saturated carbocycles. The molecule has 1 aromatic rings. The second-order valence-corrected chi connectivity index (χ2v) is 6.19. The topological polar surface area (TPSA) is 71.1 Å². The zero-order chi connectivity index (χ0) is 14.5. The number of halogens is 2. The summed E-state index contributed by atoms with van der Waals surface area (Å²) >= 11 is 4.13. The average Bonchev–Trinajstić information content (AvgIpc) is 2.44. The molecule has 1 heterocycles. The molecule has 2 rings (SSSR count). The maximum atomic E-state index is 11.9. The van der Waals surface area contributed by atoms with Gasteiger partial charge < -0.3 is 5.43 Å². The highest BCUT2D eigenvalue weighted by atomic mass is 127. The van der Waals surface area contributed by atoms with Crippen LogP contribution in [0.4, 0.5) is 0 Å². The Labute approximate surface area is 142 Å². The number of hydrogen-bond acceptors (Lipinski definition) is 4. The number of aromatic nitrogens is 1. The monoisotopic (exact) mass is 493 g/mol. The van der Waals surface area contributed by atoms with E-state index in [0.29, 0.717) is 14.7 Å². The molecule has 0 atom stereocenters. The normalized spacial score (nSPS) is 16.5. The molecule has 0 radical (unpaired) electrons. The lowest BCUT2D eigenvalue weighted by molar-refractivity contribution is -0.111. The number of hydrazine groups is 1. The van der Waals surface area contributed by atoms with Gasteiger partial charge in [-0.25, -0.2) is 0 Å². The van der Waals surface area contributed by atoms with Crippen LogP contribution in [0.5, 0.6) is 0 Å². The van der Waals surface area contributed by atoms with Gasteiger partial charge in [0, 0.05) is 33.3 Å². The van der Waals surface area contributed by atoms with Gasteiger partial charge in [0.1, 0.15) is 0 Å². The summed E-state index contributed by atoms with van der Waals surface area (Å²) in [6, 6.07) is 3.20. The van der Waals surface area contributed by atoms with Crippen LogP contribution >= 0.6 is 45.2 Å². The second kappa shape index (κ2) is 6.97. The highest BCUT2D eigenvalue weighted by molar-refractivity contribution is 14.1. The minimum Gasteiger partial charge on any atom is -0.305 e. The fraction of sp³-hybridized carbons (Fsp3) is 0. The SMILES string of the molecule is O=C1C(I)=CC(I)=CC1=CNNC(=O)c1ccncc1. The minimum atomic E-state index is -0.295. The van der Waals surface area contributed by atoms with Crippen molar-refractivity contribution in [3.63, 3.8) is 0 Å². The summed E-state index contributed by atoms with van der Waals surface area (Å²) in [5, 5.41) is 0. The number of allylic oxidation sites excluding steroid dienone is 5. The zero-order valence-corrected chi connectivity index (χ0v) is 14.4. The van der Waals surface area contributed by atoms with Crippen molar-refractivity contribution in [1.29, 1.82) is 0 Å². The van der Waals surface area contributed by atoms with Gasteiger partial charge >= 0.3 is 0 Å². The Morgan fingerprint density at radius 2 is 1.90 bits per heavy atom. The average molecular weight is 493 g/mol. The van der Waals surface area contributed by atoms with E-state index in [1.54, 1.807) is 24.3 Å². The molecule has 0 aromatic carbocycles. The first-order chi connectivity index (χ1) is 9.58. The Balaban J connectivity index is 1.99. The maximum absolute atomic E-state index is 11.9. The van der Waals surface area contributed by atoms with E-state index in [0.717, 1.165) is 3.58 Å². The second-order valence-electron chi connectivity index (χ2n) is 3.78. The van der Waals surface area contributed by atoms with Crippen LogP contribution in [0.3, 0.4) is 0 Å². The van der Waals surface area contributed by atoms with E-state index in [-0.39, 0.29) is 11.7 Å². The molecule has 102 valence electrons. The molecule has 1 amide bonds. The van der Waals surface area contributed by atoms with Crippen molar-refractivity contribution in [3.05, 3.63) is 61.2 Å². The smallest absolute Gasteiger partial charge is 0.269 e. The summed E-state index contributed by atoms with van der Waals surface area (Å²) in [4.78, 5) is 27.5. The third-order valence-corrected chi connectivity index (χ3v) is 3.82. The Bertz CT molecular complexity index is 636. The quantitative estimate of drug-likeness (QED) is 0.386. The number of ketones is 1. The van der Waals surface area contributed by atoms with E-state index in [4.69, 9.17) is 0 Å². The molecule has 1 aliphatic rings. The molecule has 0 unspecified atom stereocenters. The van der Waals surface area contributed by atoms with E-state index >= 15 is 0 Å².